The average molecular weight is 421 g/mol. The van der Waals surface area contributed by atoms with Crippen LogP contribution in [0.4, 0.5) is 10.1 Å². The van der Waals surface area contributed by atoms with Gasteiger partial charge in [0.1, 0.15) is 11.3 Å². The van der Waals surface area contributed by atoms with Gasteiger partial charge >= 0.3 is 5.97 Å². The van der Waals surface area contributed by atoms with E-state index in [9.17, 15) is 9.59 Å². The van der Waals surface area contributed by atoms with Crippen LogP contribution >= 0.6 is 11.8 Å². The Labute approximate surface area is 172 Å². The largest absolute Gasteiger partial charge is 0.492 e. The molecule has 1 aromatic carbocycles. The van der Waals surface area contributed by atoms with Crippen LogP contribution in [0.1, 0.15) is 29.6 Å². The number of pyridine rings is 1. The third-order valence-corrected chi connectivity index (χ3v) is 6.65. The molecule has 7 nitrogen and oxygen atoms in total. The molecule has 0 radical (unpaired) electrons. The second-order valence-corrected chi connectivity index (χ2v) is 8.55. The van der Waals surface area contributed by atoms with E-state index in [-0.39, 0.29) is 22.9 Å². The number of nitrogens with zero attached hydrogens (tertiary/aromatic N) is 3. The van der Waals surface area contributed by atoms with Gasteiger partial charge in [-0.1, -0.05) is 11.8 Å². The van der Waals surface area contributed by atoms with Crippen molar-refractivity contribution in [1.82, 2.24) is 9.47 Å². The zero-order valence-corrected chi connectivity index (χ0v) is 17.8. The van der Waals surface area contributed by atoms with E-state index in [2.05, 4.69) is 4.90 Å². The van der Waals surface area contributed by atoms with Gasteiger partial charge in [0, 0.05) is 26.2 Å². The standard InChI is InChI=1S/C20H24FN3O4S/c1-5-28-20(26)14-17(25)12-10-13(21)16(23-8-6-22(3)7-9-23)18(27-4)15(12)24-11(2)29-19(14)24/h10-11H,5-9H2,1-4H3. The number of hydrogen-bond acceptors (Lipinski definition) is 7. The summed E-state index contributed by atoms with van der Waals surface area (Å²) in [6.45, 7) is 6.77. The smallest absolute Gasteiger partial charge is 0.344 e. The monoisotopic (exact) mass is 421 g/mol. The summed E-state index contributed by atoms with van der Waals surface area (Å²) in [5.74, 6) is -0.860. The number of aromatic nitrogens is 1. The topological polar surface area (TPSA) is 64.0 Å². The molecule has 1 aromatic heterocycles. The summed E-state index contributed by atoms with van der Waals surface area (Å²) in [5, 5.41) is 0.667. The lowest BCUT2D eigenvalue weighted by Crippen LogP contribution is -2.45. The highest BCUT2D eigenvalue weighted by Crippen LogP contribution is 2.50. The Balaban J connectivity index is 1.99. The van der Waals surface area contributed by atoms with Crippen LogP contribution in [0.5, 0.6) is 5.75 Å². The summed E-state index contributed by atoms with van der Waals surface area (Å²) in [6.07, 6.45) is 0. The number of ether oxygens (including phenoxy) is 2. The van der Waals surface area contributed by atoms with Crippen LogP contribution in [-0.4, -0.2) is 62.4 Å². The van der Waals surface area contributed by atoms with E-state index in [1.165, 1.54) is 24.9 Å². The molecular weight excluding hydrogens is 397 g/mol. The number of anilines is 1. The fourth-order valence-corrected chi connectivity index (χ4v) is 5.14. The highest BCUT2D eigenvalue weighted by Gasteiger charge is 2.36. The maximum atomic E-state index is 15.3. The second-order valence-electron chi connectivity index (χ2n) is 7.24. The van der Waals surface area contributed by atoms with Gasteiger partial charge < -0.3 is 23.8 Å². The number of carbonyl (C=O) groups is 1. The number of benzene rings is 1. The van der Waals surface area contributed by atoms with Crippen molar-refractivity contribution in [1.29, 1.82) is 0 Å². The number of rotatable bonds is 4. The predicted octanol–water partition coefficient (Wildman–Crippen LogP) is 2.70. The summed E-state index contributed by atoms with van der Waals surface area (Å²) in [5.41, 5.74) is 0.347. The first-order valence-corrected chi connectivity index (χ1v) is 10.5. The normalized spacial score (nSPS) is 19.1. The van der Waals surface area contributed by atoms with Gasteiger partial charge in [-0.15, -0.1) is 0 Å². The lowest BCUT2D eigenvalue weighted by molar-refractivity contribution is 0.0518. The van der Waals surface area contributed by atoms with E-state index in [0.29, 0.717) is 35.1 Å². The van der Waals surface area contributed by atoms with Gasteiger partial charge in [0.25, 0.3) is 0 Å². The minimum absolute atomic E-state index is 0.0130. The van der Waals surface area contributed by atoms with Crippen molar-refractivity contribution in [3.05, 3.63) is 27.7 Å². The van der Waals surface area contributed by atoms with Gasteiger partial charge in [0.15, 0.2) is 11.6 Å². The number of esters is 1. The van der Waals surface area contributed by atoms with Crippen molar-refractivity contribution in [2.75, 3.05) is 51.8 Å². The molecule has 0 aliphatic carbocycles. The van der Waals surface area contributed by atoms with E-state index >= 15 is 4.39 Å². The van der Waals surface area contributed by atoms with Gasteiger partial charge in [0.2, 0.25) is 5.43 Å². The molecule has 156 valence electrons. The molecule has 1 fully saturated rings. The molecular formula is C20H24FN3O4S. The molecule has 1 saturated heterocycles. The van der Waals surface area contributed by atoms with Crippen molar-refractivity contribution in [3.63, 3.8) is 0 Å². The van der Waals surface area contributed by atoms with Crippen LogP contribution in [0.2, 0.25) is 0 Å². The van der Waals surface area contributed by atoms with Crippen molar-refractivity contribution in [2.45, 2.75) is 24.2 Å². The minimum atomic E-state index is -0.676. The Hall–Kier alpha value is -2.26. The number of fused-ring (bicyclic) bond motifs is 3. The number of likely N-dealkylation sites (N-methyl/N-ethyl adjacent to an activating group) is 1. The lowest BCUT2D eigenvalue weighted by Gasteiger charge is -2.37. The van der Waals surface area contributed by atoms with E-state index < -0.39 is 17.2 Å². The summed E-state index contributed by atoms with van der Waals surface area (Å²) in [4.78, 5) is 29.7. The number of methoxy groups -OCH3 is 1. The summed E-state index contributed by atoms with van der Waals surface area (Å²) in [7, 11) is 3.52. The van der Waals surface area contributed by atoms with Gasteiger partial charge in [-0.2, -0.15) is 0 Å². The SMILES string of the molecule is CCOC(=O)c1c2n(c3c(OC)c(N4CCN(C)CC4)c(F)cc3c1=O)C(C)S2. The molecule has 1 atom stereocenters. The Morgan fingerprint density at radius 1 is 1.31 bits per heavy atom. The molecule has 0 bridgehead atoms. The second kappa shape index (κ2) is 7.53. The molecule has 2 aromatic rings. The quantitative estimate of drug-likeness (QED) is 0.704. The minimum Gasteiger partial charge on any atom is -0.492 e. The molecule has 0 N–H and O–H groups in total. The van der Waals surface area contributed by atoms with E-state index in [4.69, 9.17) is 9.47 Å². The van der Waals surface area contributed by atoms with E-state index in [0.717, 1.165) is 13.1 Å². The average Bonchev–Trinajstić information content (AvgIpc) is 2.68. The molecule has 2 aliphatic rings. The first-order chi connectivity index (χ1) is 13.9. The lowest BCUT2D eigenvalue weighted by atomic mass is 10.1. The Morgan fingerprint density at radius 3 is 2.59 bits per heavy atom. The molecule has 4 rings (SSSR count). The van der Waals surface area contributed by atoms with Crippen LogP contribution in [0.15, 0.2) is 15.9 Å². The Morgan fingerprint density at radius 2 is 2.00 bits per heavy atom. The number of halogens is 1. The summed E-state index contributed by atoms with van der Waals surface area (Å²) >= 11 is 1.42. The van der Waals surface area contributed by atoms with Crippen LogP contribution in [-0.2, 0) is 4.74 Å². The summed E-state index contributed by atoms with van der Waals surface area (Å²) in [6, 6.07) is 1.24. The van der Waals surface area contributed by atoms with Crippen LogP contribution < -0.4 is 15.1 Å². The van der Waals surface area contributed by atoms with Gasteiger partial charge in [0.05, 0.1) is 35.0 Å². The van der Waals surface area contributed by atoms with Gasteiger partial charge in [-0.25, -0.2) is 9.18 Å². The van der Waals surface area contributed by atoms with Crippen LogP contribution in [0, 0.1) is 5.82 Å². The van der Waals surface area contributed by atoms with Crippen molar-refractivity contribution >= 4 is 34.3 Å². The third-order valence-electron chi connectivity index (χ3n) is 5.48. The van der Waals surface area contributed by atoms with Crippen LogP contribution in [0.3, 0.4) is 0 Å². The molecule has 1 unspecified atom stereocenters. The first kappa shape index (κ1) is 20.0. The van der Waals surface area contributed by atoms with E-state index in [1.54, 1.807) is 6.92 Å². The number of hydrogen-bond donors (Lipinski definition) is 0. The fraction of sp³-hybridized carbons (Fsp3) is 0.500. The zero-order chi connectivity index (χ0) is 20.9. The summed E-state index contributed by atoms with van der Waals surface area (Å²) < 4.78 is 27.9. The molecule has 29 heavy (non-hydrogen) atoms. The third kappa shape index (κ3) is 3.07. The maximum Gasteiger partial charge on any atom is 0.344 e. The fourth-order valence-electron chi connectivity index (χ4n) is 4.00. The van der Waals surface area contributed by atoms with Crippen molar-refractivity contribution in [3.8, 4) is 5.75 Å². The van der Waals surface area contributed by atoms with Gasteiger partial charge in [-0.05, 0) is 27.0 Å². The molecule has 0 spiro atoms. The molecule has 3 heterocycles. The molecule has 9 heteroatoms. The number of thioether (sulfide) groups is 1. The predicted molar refractivity (Wildman–Crippen MR) is 111 cm³/mol. The number of piperazine rings is 1. The Bertz CT molecular complexity index is 1050. The van der Waals surface area contributed by atoms with Crippen molar-refractivity contribution < 1.29 is 18.7 Å². The molecule has 2 aliphatic heterocycles. The van der Waals surface area contributed by atoms with E-state index in [1.807, 2.05) is 23.4 Å². The first-order valence-electron chi connectivity index (χ1n) is 9.65. The van der Waals surface area contributed by atoms with Gasteiger partial charge in [-0.3, -0.25) is 4.79 Å². The molecule has 0 saturated carbocycles. The number of carbonyl (C=O) groups excluding carboxylic acids is 1. The maximum absolute atomic E-state index is 15.3. The van der Waals surface area contributed by atoms with Crippen LogP contribution in [0.25, 0.3) is 10.9 Å². The highest BCUT2D eigenvalue weighted by atomic mass is 32.2. The zero-order valence-electron chi connectivity index (χ0n) is 17.0. The Kier molecular flexibility index (Phi) is 5.20. The molecule has 0 amide bonds. The van der Waals surface area contributed by atoms with Crippen molar-refractivity contribution in [2.24, 2.45) is 0 Å². The highest BCUT2D eigenvalue weighted by molar-refractivity contribution is 8.00.